The minimum absolute atomic E-state index is 0.00289. The van der Waals surface area contributed by atoms with Crippen molar-refractivity contribution >= 4 is 17.5 Å². The summed E-state index contributed by atoms with van der Waals surface area (Å²) >= 11 is 0. The van der Waals surface area contributed by atoms with Crippen LogP contribution >= 0.6 is 0 Å². The maximum Gasteiger partial charge on any atom is 0.248 e. The molecule has 0 aromatic carbocycles. The SMILES string of the molecule is CNC1(NC)CCCCC/C=C\CC/C=C\C=C/C(=O)NC2=CC(=O)C=C1C2=O. The molecule has 1 amide bonds. The summed E-state index contributed by atoms with van der Waals surface area (Å²) in [6.45, 7) is 0. The summed E-state index contributed by atoms with van der Waals surface area (Å²) in [5.74, 6) is -1.11. The number of allylic oxidation sites excluding steroid dienone is 8. The van der Waals surface area contributed by atoms with E-state index in [9.17, 15) is 14.4 Å². The Labute approximate surface area is 172 Å². The van der Waals surface area contributed by atoms with Gasteiger partial charge in [0.05, 0.1) is 11.4 Å². The summed E-state index contributed by atoms with van der Waals surface area (Å²) in [5.41, 5.74) is -0.496. The Morgan fingerprint density at radius 2 is 1.59 bits per heavy atom. The van der Waals surface area contributed by atoms with Crippen LogP contribution in [0.15, 0.2) is 59.9 Å². The number of carbonyl (C=O) groups is 3. The topological polar surface area (TPSA) is 87.3 Å². The van der Waals surface area contributed by atoms with Gasteiger partial charge in [0.15, 0.2) is 5.78 Å². The molecule has 0 aromatic heterocycles. The third-order valence-electron chi connectivity index (χ3n) is 5.22. The Hall–Kier alpha value is -2.57. The van der Waals surface area contributed by atoms with Crippen LogP contribution in [0.1, 0.15) is 44.9 Å². The Morgan fingerprint density at radius 1 is 0.862 bits per heavy atom. The molecule has 1 aliphatic carbocycles. The van der Waals surface area contributed by atoms with Gasteiger partial charge in [0, 0.05) is 17.7 Å². The monoisotopic (exact) mass is 397 g/mol. The van der Waals surface area contributed by atoms with Crippen molar-refractivity contribution < 1.29 is 14.4 Å². The Kier molecular flexibility index (Phi) is 8.96. The second kappa shape index (κ2) is 11.4. The molecule has 0 atom stereocenters. The fraction of sp³-hybridized carbons (Fsp3) is 0.435. The van der Waals surface area contributed by atoms with Crippen molar-refractivity contribution in [2.45, 2.75) is 50.6 Å². The van der Waals surface area contributed by atoms with E-state index in [4.69, 9.17) is 0 Å². The molecular weight excluding hydrogens is 366 g/mol. The summed E-state index contributed by atoms with van der Waals surface area (Å²) in [6, 6.07) is 0. The molecule has 0 unspecified atom stereocenters. The van der Waals surface area contributed by atoms with Crippen molar-refractivity contribution in [1.29, 1.82) is 0 Å². The van der Waals surface area contributed by atoms with Crippen LogP contribution in [-0.2, 0) is 14.4 Å². The minimum atomic E-state index is -0.825. The van der Waals surface area contributed by atoms with E-state index in [1.165, 1.54) is 18.2 Å². The maximum absolute atomic E-state index is 13.1. The zero-order valence-electron chi connectivity index (χ0n) is 17.3. The van der Waals surface area contributed by atoms with E-state index in [0.717, 1.165) is 38.5 Å². The number of rotatable bonds is 2. The quantitative estimate of drug-likeness (QED) is 0.379. The smallest absolute Gasteiger partial charge is 0.248 e. The molecule has 2 rings (SSSR count). The van der Waals surface area contributed by atoms with Crippen molar-refractivity contribution in [3.8, 4) is 0 Å². The second-order valence-electron chi connectivity index (χ2n) is 7.18. The molecule has 1 heterocycles. The molecular formula is C23H31N3O3. The molecule has 6 heteroatoms. The largest absolute Gasteiger partial charge is 0.319 e. The minimum Gasteiger partial charge on any atom is -0.319 e. The van der Waals surface area contributed by atoms with E-state index in [-0.39, 0.29) is 17.3 Å². The Balaban J connectivity index is 2.28. The third kappa shape index (κ3) is 6.48. The van der Waals surface area contributed by atoms with Gasteiger partial charge in [-0.2, -0.15) is 0 Å². The van der Waals surface area contributed by atoms with E-state index in [0.29, 0.717) is 12.0 Å². The van der Waals surface area contributed by atoms with Crippen molar-refractivity contribution in [2.24, 2.45) is 0 Å². The third-order valence-corrected chi connectivity index (χ3v) is 5.22. The maximum atomic E-state index is 13.1. The van der Waals surface area contributed by atoms with Gasteiger partial charge in [-0.25, -0.2) is 0 Å². The predicted molar refractivity (Wildman–Crippen MR) is 115 cm³/mol. The molecule has 2 bridgehead atoms. The van der Waals surface area contributed by atoms with Gasteiger partial charge in [0.25, 0.3) is 0 Å². The number of hydrogen-bond donors (Lipinski definition) is 3. The highest BCUT2D eigenvalue weighted by Gasteiger charge is 2.38. The number of hydrogen-bond acceptors (Lipinski definition) is 5. The van der Waals surface area contributed by atoms with Gasteiger partial charge in [-0.3, -0.25) is 25.0 Å². The summed E-state index contributed by atoms with van der Waals surface area (Å²) in [5, 5.41) is 8.92. The number of fused-ring (bicyclic) bond motifs is 2. The highest BCUT2D eigenvalue weighted by atomic mass is 16.2. The van der Waals surface area contributed by atoms with Crippen LogP contribution in [-0.4, -0.2) is 37.2 Å². The summed E-state index contributed by atoms with van der Waals surface area (Å²) in [7, 11) is 3.53. The van der Waals surface area contributed by atoms with E-state index in [1.54, 1.807) is 20.2 Å². The van der Waals surface area contributed by atoms with Crippen LogP contribution in [0, 0.1) is 0 Å². The van der Waals surface area contributed by atoms with Gasteiger partial charge in [0.1, 0.15) is 0 Å². The molecule has 0 aromatic rings. The first-order chi connectivity index (χ1) is 14.0. The summed E-state index contributed by atoms with van der Waals surface area (Å²) in [4.78, 5) is 37.5. The fourth-order valence-electron chi connectivity index (χ4n) is 3.54. The van der Waals surface area contributed by atoms with Crippen molar-refractivity contribution in [2.75, 3.05) is 14.1 Å². The number of ketones is 2. The first kappa shape index (κ1) is 22.7. The zero-order valence-corrected chi connectivity index (χ0v) is 17.3. The lowest BCUT2D eigenvalue weighted by Gasteiger charge is -2.36. The van der Waals surface area contributed by atoms with Crippen molar-refractivity contribution in [3.63, 3.8) is 0 Å². The highest BCUT2D eigenvalue weighted by molar-refractivity contribution is 6.22. The van der Waals surface area contributed by atoms with E-state index in [2.05, 4.69) is 28.1 Å². The van der Waals surface area contributed by atoms with Gasteiger partial charge < -0.3 is 5.32 Å². The lowest BCUT2D eigenvalue weighted by molar-refractivity contribution is -0.119. The number of carbonyl (C=O) groups excluding carboxylic acids is 3. The standard InChI is InChI=1S/C23H31N3O3/c1-24-23(25-2)15-13-11-9-7-5-3-4-6-8-10-12-14-21(28)26-20-17-18(27)16-19(23)22(20)29/h3,5,8,10,12,14,16-17,24-25H,4,6-7,9,11,13,15H2,1-2H3,(H,26,28)/b5-3-,10-8-,14-12-. The van der Waals surface area contributed by atoms with Crippen LogP contribution < -0.4 is 16.0 Å². The average Bonchev–Trinajstić information content (AvgIpc) is 2.71. The van der Waals surface area contributed by atoms with Gasteiger partial charge in [-0.1, -0.05) is 36.8 Å². The van der Waals surface area contributed by atoms with E-state index in [1.807, 2.05) is 12.2 Å². The van der Waals surface area contributed by atoms with Crippen LogP contribution in [0.3, 0.4) is 0 Å². The van der Waals surface area contributed by atoms with Crippen molar-refractivity contribution in [1.82, 2.24) is 16.0 Å². The Bertz CT molecular complexity index is 768. The first-order valence-corrected chi connectivity index (χ1v) is 10.2. The molecule has 0 spiro atoms. The van der Waals surface area contributed by atoms with Gasteiger partial charge in [-0.05, 0) is 58.7 Å². The van der Waals surface area contributed by atoms with Crippen LogP contribution in [0.5, 0.6) is 0 Å². The average molecular weight is 398 g/mol. The van der Waals surface area contributed by atoms with E-state index >= 15 is 0 Å². The molecule has 0 radical (unpaired) electrons. The van der Waals surface area contributed by atoms with Gasteiger partial charge >= 0.3 is 0 Å². The second-order valence-corrected chi connectivity index (χ2v) is 7.18. The van der Waals surface area contributed by atoms with Crippen LogP contribution in [0.25, 0.3) is 0 Å². The molecule has 156 valence electrons. The molecule has 0 saturated heterocycles. The number of amides is 1. The molecule has 0 fully saturated rings. The number of Topliss-reactive ketones (excluding diaryl/α,β-unsaturated/α-hetero) is 1. The molecule has 3 N–H and O–H groups in total. The fourth-order valence-corrected chi connectivity index (χ4v) is 3.54. The van der Waals surface area contributed by atoms with Crippen molar-refractivity contribution in [3.05, 3.63) is 59.9 Å². The Morgan fingerprint density at radius 3 is 2.34 bits per heavy atom. The first-order valence-electron chi connectivity index (χ1n) is 10.2. The molecule has 29 heavy (non-hydrogen) atoms. The molecule has 0 saturated carbocycles. The number of nitrogens with one attached hydrogen (secondary N) is 3. The van der Waals surface area contributed by atoms with E-state index < -0.39 is 11.6 Å². The lowest BCUT2D eigenvalue weighted by atomic mass is 9.85. The van der Waals surface area contributed by atoms with Gasteiger partial charge in [-0.15, -0.1) is 0 Å². The van der Waals surface area contributed by atoms with Gasteiger partial charge in [0.2, 0.25) is 11.7 Å². The lowest BCUT2D eigenvalue weighted by Crippen LogP contribution is -2.58. The normalized spacial score (nSPS) is 24.8. The summed E-state index contributed by atoms with van der Waals surface area (Å²) < 4.78 is 0. The molecule has 6 nitrogen and oxygen atoms in total. The number of likely N-dealkylation sites (N-methyl/N-ethyl adjacent to an activating group) is 2. The summed E-state index contributed by atoms with van der Waals surface area (Å²) in [6.07, 6.45) is 20.2. The van der Waals surface area contributed by atoms with Crippen LogP contribution in [0.4, 0.5) is 0 Å². The molecule has 1 aliphatic heterocycles. The predicted octanol–water partition coefficient (Wildman–Crippen LogP) is 2.61. The highest BCUT2D eigenvalue weighted by Crippen LogP contribution is 2.26. The zero-order chi connectivity index (χ0) is 21.1. The van der Waals surface area contributed by atoms with Crippen LogP contribution in [0.2, 0.25) is 0 Å². The molecule has 2 aliphatic rings.